The van der Waals surface area contributed by atoms with Crippen molar-refractivity contribution in [2.45, 2.75) is 43.1 Å². The second kappa shape index (κ2) is 5.99. The molecule has 1 aromatic heterocycles. The summed E-state index contributed by atoms with van der Waals surface area (Å²) in [5.74, 6) is 0.711. The van der Waals surface area contributed by atoms with E-state index in [0.717, 1.165) is 38.8 Å². The molecule has 0 bridgehead atoms. The number of fused-ring (bicyclic) bond motifs is 1. The molecule has 0 spiro atoms. The SMILES string of the molecule is O=S(=O)(C1CC1)N1CCO[C@@H]2CCN(c3ncccn3)CC[C@H]21. The van der Waals surface area contributed by atoms with Crippen molar-refractivity contribution in [3.05, 3.63) is 18.5 Å². The first-order chi connectivity index (χ1) is 11.2. The number of sulfonamides is 1. The minimum atomic E-state index is -3.15. The van der Waals surface area contributed by atoms with Gasteiger partial charge in [-0.2, -0.15) is 4.31 Å². The Bertz CT molecular complexity index is 650. The first kappa shape index (κ1) is 15.3. The van der Waals surface area contributed by atoms with E-state index in [9.17, 15) is 8.42 Å². The molecule has 8 heteroatoms. The topological polar surface area (TPSA) is 75.6 Å². The van der Waals surface area contributed by atoms with Crippen molar-refractivity contribution in [3.63, 3.8) is 0 Å². The Morgan fingerprint density at radius 1 is 1.04 bits per heavy atom. The highest BCUT2D eigenvalue weighted by molar-refractivity contribution is 7.90. The van der Waals surface area contributed by atoms with Gasteiger partial charge in [0.15, 0.2) is 0 Å². The van der Waals surface area contributed by atoms with Crippen LogP contribution in [-0.2, 0) is 14.8 Å². The van der Waals surface area contributed by atoms with Crippen molar-refractivity contribution in [1.82, 2.24) is 14.3 Å². The maximum atomic E-state index is 12.7. The largest absolute Gasteiger partial charge is 0.375 e. The van der Waals surface area contributed by atoms with E-state index in [1.807, 2.05) is 0 Å². The van der Waals surface area contributed by atoms with Crippen LogP contribution in [0.2, 0.25) is 0 Å². The van der Waals surface area contributed by atoms with Crippen LogP contribution >= 0.6 is 0 Å². The lowest BCUT2D eigenvalue weighted by atomic mass is 10.0. The number of ether oxygens (including phenoxy) is 1. The summed E-state index contributed by atoms with van der Waals surface area (Å²) in [5, 5.41) is -0.155. The van der Waals surface area contributed by atoms with E-state index < -0.39 is 10.0 Å². The molecule has 2 saturated heterocycles. The molecule has 0 aromatic carbocycles. The summed E-state index contributed by atoms with van der Waals surface area (Å²) in [5.41, 5.74) is 0. The molecule has 126 valence electrons. The Kier molecular flexibility index (Phi) is 3.98. The van der Waals surface area contributed by atoms with Crippen molar-refractivity contribution in [2.75, 3.05) is 31.1 Å². The Morgan fingerprint density at radius 3 is 2.52 bits per heavy atom. The van der Waals surface area contributed by atoms with Crippen molar-refractivity contribution in [3.8, 4) is 0 Å². The first-order valence-electron chi connectivity index (χ1n) is 8.30. The van der Waals surface area contributed by atoms with E-state index in [1.54, 1.807) is 22.8 Å². The number of morpholine rings is 1. The summed E-state index contributed by atoms with van der Waals surface area (Å²) < 4.78 is 33.0. The lowest BCUT2D eigenvalue weighted by molar-refractivity contribution is -0.0406. The molecule has 0 N–H and O–H groups in total. The molecule has 23 heavy (non-hydrogen) atoms. The summed E-state index contributed by atoms with van der Waals surface area (Å²) in [4.78, 5) is 10.7. The second-order valence-corrected chi connectivity index (χ2v) is 8.61. The Hall–Kier alpha value is -1.25. The van der Waals surface area contributed by atoms with Crippen molar-refractivity contribution >= 4 is 16.0 Å². The zero-order chi connectivity index (χ0) is 15.9. The quantitative estimate of drug-likeness (QED) is 0.805. The monoisotopic (exact) mass is 338 g/mol. The minimum absolute atomic E-state index is 0.0222. The average Bonchev–Trinajstić information content (AvgIpc) is 3.42. The van der Waals surface area contributed by atoms with Gasteiger partial charge in [0.2, 0.25) is 16.0 Å². The van der Waals surface area contributed by atoms with Crippen LogP contribution in [0.15, 0.2) is 18.5 Å². The summed E-state index contributed by atoms with van der Waals surface area (Å²) in [6, 6.07) is 1.75. The third-order valence-electron chi connectivity index (χ3n) is 4.93. The lowest BCUT2D eigenvalue weighted by Crippen LogP contribution is -2.54. The van der Waals surface area contributed by atoms with Gasteiger partial charge in [-0.05, 0) is 31.7 Å². The molecule has 4 rings (SSSR count). The van der Waals surface area contributed by atoms with E-state index in [-0.39, 0.29) is 17.4 Å². The molecule has 2 atom stereocenters. The third kappa shape index (κ3) is 2.95. The Morgan fingerprint density at radius 2 is 1.78 bits per heavy atom. The molecule has 3 aliphatic rings. The van der Waals surface area contributed by atoms with Gasteiger partial charge in [-0.3, -0.25) is 0 Å². The number of hydrogen-bond acceptors (Lipinski definition) is 6. The molecule has 3 heterocycles. The molecular formula is C15H22N4O3S. The maximum absolute atomic E-state index is 12.7. The van der Waals surface area contributed by atoms with Gasteiger partial charge in [-0.25, -0.2) is 18.4 Å². The highest BCUT2D eigenvalue weighted by atomic mass is 32.2. The average molecular weight is 338 g/mol. The molecule has 7 nitrogen and oxygen atoms in total. The number of rotatable bonds is 3. The molecule has 1 aromatic rings. The van der Waals surface area contributed by atoms with Crippen LogP contribution in [0.25, 0.3) is 0 Å². The van der Waals surface area contributed by atoms with Crippen molar-refractivity contribution in [1.29, 1.82) is 0 Å². The van der Waals surface area contributed by atoms with Gasteiger partial charge in [0.1, 0.15) is 0 Å². The third-order valence-corrected chi connectivity index (χ3v) is 7.35. The van der Waals surface area contributed by atoms with E-state index >= 15 is 0 Å². The number of nitrogens with zero attached hydrogens (tertiary/aromatic N) is 4. The van der Waals surface area contributed by atoms with Gasteiger partial charge in [-0.1, -0.05) is 0 Å². The fourth-order valence-electron chi connectivity index (χ4n) is 3.57. The van der Waals surface area contributed by atoms with Crippen LogP contribution in [-0.4, -0.2) is 66.3 Å². The molecular weight excluding hydrogens is 316 g/mol. The lowest BCUT2D eigenvalue weighted by Gasteiger charge is -2.39. The Labute approximate surface area is 136 Å². The van der Waals surface area contributed by atoms with E-state index in [4.69, 9.17) is 4.74 Å². The van der Waals surface area contributed by atoms with E-state index in [2.05, 4.69) is 14.9 Å². The summed E-state index contributed by atoms with van der Waals surface area (Å²) >= 11 is 0. The molecule has 3 fully saturated rings. The van der Waals surface area contributed by atoms with Crippen molar-refractivity contribution in [2.24, 2.45) is 0 Å². The molecule has 1 saturated carbocycles. The normalized spacial score (nSPS) is 29.8. The fraction of sp³-hybridized carbons (Fsp3) is 0.733. The molecule has 2 aliphatic heterocycles. The van der Waals surface area contributed by atoms with Gasteiger partial charge < -0.3 is 9.64 Å². The highest BCUT2D eigenvalue weighted by Gasteiger charge is 2.46. The molecule has 0 amide bonds. The summed E-state index contributed by atoms with van der Waals surface area (Å²) in [7, 11) is -3.15. The van der Waals surface area contributed by atoms with Crippen LogP contribution < -0.4 is 4.90 Å². The van der Waals surface area contributed by atoms with E-state index in [0.29, 0.717) is 19.1 Å². The molecule has 0 radical (unpaired) electrons. The van der Waals surface area contributed by atoms with Crippen LogP contribution in [0.4, 0.5) is 5.95 Å². The Balaban J connectivity index is 1.53. The maximum Gasteiger partial charge on any atom is 0.225 e. The van der Waals surface area contributed by atoms with Crippen LogP contribution in [0.3, 0.4) is 0 Å². The standard InChI is InChI=1S/C15H22N4O3S/c20-23(21,12-2-3-12)19-10-11-22-14-5-9-18(8-4-13(14)19)15-16-6-1-7-17-15/h1,6-7,12-14H,2-5,8-11H2/t13-,14-/m1/s1. The zero-order valence-electron chi connectivity index (χ0n) is 13.0. The molecule has 0 unspecified atom stereocenters. The highest BCUT2D eigenvalue weighted by Crippen LogP contribution is 2.35. The predicted molar refractivity (Wildman–Crippen MR) is 85.7 cm³/mol. The van der Waals surface area contributed by atoms with Gasteiger partial charge in [0.05, 0.1) is 24.0 Å². The first-order valence-corrected chi connectivity index (χ1v) is 9.81. The van der Waals surface area contributed by atoms with Crippen molar-refractivity contribution < 1.29 is 13.2 Å². The zero-order valence-corrected chi connectivity index (χ0v) is 13.9. The molecule has 1 aliphatic carbocycles. The number of hydrogen-bond donors (Lipinski definition) is 0. The van der Waals surface area contributed by atoms with Crippen LogP contribution in [0, 0.1) is 0 Å². The number of anilines is 1. The second-order valence-electron chi connectivity index (χ2n) is 6.44. The minimum Gasteiger partial charge on any atom is -0.375 e. The van der Waals surface area contributed by atoms with E-state index in [1.165, 1.54) is 0 Å². The number of aromatic nitrogens is 2. The van der Waals surface area contributed by atoms with Crippen LogP contribution in [0.1, 0.15) is 25.7 Å². The fourth-order valence-corrected chi connectivity index (χ4v) is 5.64. The van der Waals surface area contributed by atoms with Crippen LogP contribution in [0.5, 0.6) is 0 Å². The summed E-state index contributed by atoms with van der Waals surface area (Å²) in [6.07, 6.45) is 6.63. The van der Waals surface area contributed by atoms with Gasteiger partial charge in [-0.15, -0.1) is 0 Å². The summed E-state index contributed by atoms with van der Waals surface area (Å²) in [6.45, 7) is 2.53. The van der Waals surface area contributed by atoms with Gasteiger partial charge in [0.25, 0.3) is 0 Å². The van der Waals surface area contributed by atoms with Gasteiger partial charge in [0, 0.05) is 32.0 Å². The van der Waals surface area contributed by atoms with Gasteiger partial charge >= 0.3 is 0 Å². The smallest absolute Gasteiger partial charge is 0.225 e. The predicted octanol–water partition coefficient (Wildman–Crippen LogP) is 0.638.